The number of hydrogen-bond donors (Lipinski definition) is 0. The minimum atomic E-state index is -0.0749. The number of thiophene rings is 1. The summed E-state index contributed by atoms with van der Waals surface area (Å²) in [6.07, 6.45) is 1.49. The SMILES string of the molecule is CCN1CN(C(=O)CSc2ncnc3sc(C)c(Cl)c23)CC1=O. The van der Waals surface area contributed by atoms with Gasteiger partial charge in [0.1, 0.15) is 22.7 Å². The zero-order valence-electron chi connectivity index (χ0n) is 12.7. The molecule has 0 saturated carbocycles. The lowest BCUT2D eigenvalue weighted by Gasteiger charge is -2.16. The van der Waals surface area contributed by atoms with Gasteiger partial charge < -0.3 is 9.80 Å². The van der Waals surface area contributed by atoms with Crippen molar-refractivity contribution in [1.29, 1.82) is 0 Å². The third kappa shape index (κ3) is 3.15. The molecule has 0 atom stereocenters. The first-order valence-electron chi connectivity index (χ1n) is 7.09. The van der Waals surface area contributed by atoms with E-state index in [4.69, 9.17) is 11.6 Å². The molecule has 6 nitrogen and oxygen atoms in total. The Morgan fingerprint density at radius 2 is 2.26 bits per heavy atom. The number of aryl methyl sites for hydroxylation is 1. The molecule has 1 saturated heterocycles. The van der Waals surface area contributed by atoms with Crippen molar-refractivity contribution < 1.29 is 9.59 Å². The first-order valence-corrected chi connectivity index (χ1v) is 9.27. The number of fused-ring (bicyclic) bond motifs is 1. The number of aromatic nitrogens is 2. The molecule has 1 aliphatic rings. The quantitative estimate of drug-likeness (QED) is 0.610. The van der Waals surface area contributed by atoms with Crippen molar-refractivity contribution in [1.82, 2.24) is 19.8 Å². The maximum Gasteiger partial charge on any atom is 0.243 e. The maximum atomic E-state index is 12.3. The number of carbonyl (C=O) groups excluding carboxylic acids is 2. The molecule has 0 aromatic carbocycles. The predicted molar refractivity (Wildman–Crippen MR) is 91.9 cm³/mol. The molecular weight excluding hydrogens is 356 g/mol. The number of nitrogens with zero attached hydrogens (tertiary/aromatic N) is 4. The van der Waals surface area contributed by atoms with Crippen LogP contribution < -0.4 is 0 Å². The fourth-order valence-corrected chi connectivity index (χ4v) is 4.62. The van der Waals surface area contributed by atoms with Gasteiger partial charge in [-0.3, -0.25) is 9.59 Å². The summed E-state index contributed by atoms with van der Waals surface area (Å²) in [5, 5.41) is 2.16. The van der Waals surface area contributed by atoms with E-state index in [1.165, 1.54) is 29.4 Å². The van der Waals surface area contributed by atoms with Gasteiger partial charge in [-0.25, -0.2) is 9.97 Å². The molecule has 0 unspecified atom stereocenters. The molecular formula is C14H15ClN4O2S2. The van der Waals surface area contributed by atoms with E-state index in [9.17, 15) is 9.59 Å². The Balaban J connectivity index is 1.72. The first kappa shape index (κ1) is 16.5. The van der Waals surface area contributed by atoms with E-state index in [1.54, 1.807) is 9.80 Å². The van der Waals surface area contributed by atoms with Gasteiger partial charge in [0.2, 0.25) is 11.8 Å². The Bertz CT molecular complexity index is 779. The topological polar surface area (TPSA) is 66.4 Å². The van der Waals surface area contributed by atoms with Crippen molar-refractivity contribution in [3.63, 3.8) is 0 Å². The summed E-state index contributed by atoms with van der Waals surface area (Å²) < 4.78 is 0. The van der Waals surface area contributed by atoms with Gasteiger partial charge in [-0.1, -0.05) is 23.4 Å². The highest BCUT2D eigenvalue weighted by molar-refractivity contribution is 8.00. The molecule has 23 heavy (non-hydrogen) atoms. The minimum Gasteiger partial charge on any atom is -0.324 e. The second kappa shape index (κ2) is 6.62. The molecule has 2 amide bonds. The number of likely N-dealkylation sites (N-methyl/N-ethyl adjacent to an activating group) is 1. The Hall–Kier alpha value is -1.38. The summed E-state index contributed by atoms with van der Waals surface area (Å²) in [7, 11) is 0. The lowest BCUT2D eigenvalue weighted by molar-refractivity contribution is -0.129. The molecule has 9 heteroatoms. The molecule has 0 spiro atoms. The molecule has 122 valence electrons. The lowest BCUT2D eigenvalue weighted by atomic mass is 10.4. The van der Waals surface area contributed by atoms with Crippen molar-refractivity contribution in [2.45, 2.75) is 18.9 Å². The third-order valence-electron chi connectivity index (χ3n) is 3.64. The standard InChI is InChI=1S/C14H15ClN4O2S2/c1-3-18-7-19(4-9(18)20)10(21)5-22-13-11-12(15)8(2)23-14(11)17-6-16-13/h6H,3-5,7H2,1-2H3. The molecule has 2 aromatic rings. The Morgan fingerprint density at radius 3 is 2.96 bits per heavy atom. The van der Waals surface area contributed by atoms with E-state index in [0.717, 1.165) is 15.1 Å². The fraction of sp³-hybridized carbons (Fsp3) is 0.429. The van der Waals surface area contributed by atoms with Crippen LogP contribution in [0.2, 0.25) is 5.02 Å². The number of hydrogen-bond acceptors (Lipinski definition) is 6. The van der Waals surface area contributed by atoms with Crippen molar-refractivity contribution in [2.75, 3.05) is 25.5 Å². The van der Waals surface area contributed by atoms with Gasteiger partial charge in [0, 0.05) is 11.4 Å². The second-order valence-electron chi connectivity index (χ2n) is 5.10. The van der Waals surface area contributed by atoms with Crippen LogP contribution >= 0.6 is 34.7 Å². The van der Waals surface area contributed by atoms with Crippen LogP contribution in [0.3, 0.4) is 0 Å². The van der Waals surface area contributed by atoms with Crippen LogP contribution in [0.15, 0.2) is 11.4 Å². The summed E-state index contributed by atoms with van der Waals surface area (Å²) in [5.74, 6) is 0.142. The van der Waals surface area contributed by atoms with Crippen molar-refractivity contribution in [3.8, 4) is 0 Å². The Labute approximate surface area is 146 Å². The van der Waals surface area contributed by atoms with Gasteiger partial charge >= 0.3 is 0 Å². The van der Waals surface area contributed by atoms with Gasteiger partial charge in [-0.05, 0) is 13.8 Å². The summed E-state index contributed by atoms with van der Waals surface area (Å²) in [6.45, 7) is 4.98. The summed E-state index contributed by atoms with van der Waals surface area (Å²) >= 11 is 9.16. The smallest absolute Gasteiger partial charge is 0.243 e. The van der Waals surface area contributed by atoms with Crippen LogP contribution in [0.1, 0.15) is 11.8 Å². The number of amides is 2. The largest absolute Gasteiger partial charge is 0.324 e. The molecule has 0 aliphatic carbocycles. The molecule has 0 N–H and O–H groups in total. The van der Waals surface area contributed by atoms with E-state index < -0.39 is 0 Å². The van der Waals surface area contributed by atoms with Crippen molar-refractivity contribution in [2.24, 2.45) is 0 Å². The van der Waals surface area contributed by atoms with E-state index >= 15 is 0 Å². The van der Waals surface area contributed by atoms with E-state index in [-0.39, 0.29) is 24.1 Å². The highest BCUT2D eigenvalue weighted by Gasteiger charge is 2.29. The molecule has 2 aromatic heterocycles. The number of rotatable bonds is 4. The van der Waals surface area contributed by atoms with Gasteiger partial charge in [0.25, 0.3) is 0 Å². The Morgan fingerprint density at radius 1 is 1.48 bits per heavy atom. The van der Waals surface area contributed by atoms with Crippen LogP contribution in [-0.4, -0.2) is 57.1 Å². The molecule has 1 aliphatic heterocycles. The summed E-state index contributed by atoms with van der Waals surface area (Å²) in [4.78, 5) is 37.5. The van der Waals surface area contributed by atoms with Crippen LogP contribution in [-0.2, 0) is 9.59 Å². The minimum absolute atomic E-state index is 0.00761. The van der Waals surface area contributed by atoms with E-state index in [0.29, 0.717) is 23.3 Å². The van der Waals surface area contributed by atoms with Gasteiger partial charge in [0.15, 0.2) is 0 Å². The maximum absolute atomic E-state index is 12.3. The average Bonchev–Trinajstić information content (AvgIpc) is 3.05. The van der Waals surface area contributed by atoms with Crippen LogP contribution in [0.4, 0.5) is 0 Å². The summed E-state index contributed by atoms with van der Waals surface area (Å²) in [6, 6.07) is 0. The highest BCUT2D eigenvalue weighted by Crippen LogP contribution is 2.38. The van der Waals surface area contributed by atoms with Crippen molar-refractivity contribution >= 4 is 56.7 Å². The molecule has 1 fully saturated rings. The predicted octanol–water partition coefficient (Wildman–Crippen LogP) is 2.39. The highest BCUT2D eigenvalue weighted by atomic mass is 35.5. The third-order valence-corrected chi connectivity index (χ3v) is 6.22. The number of carbonyl (C=O) groups is 2. The second-order valence-corrected chi connectivity index (χ2v) is 7.65. The van der Waals surface area contributed by atoms with Gasteiger partial charge in [-0.2, -0.15) is 0 Å². The first-order chi connectivity index (χ1) is 11.0. The van der Waals surface area contributed by atoms with Crippen LogP contribution in [0.5, 0.6) is 0 Å². The molecule has 0 bridgehead atoms. The molecule has 0 radical (unpaired) electrons. The summed E-state index contributed by atoms with van der Waals surface area (Å²) in [5.41, 5.74) is 0. The number of thioether (sulfide) groups is 1. The monoisotopic (exact) mass is 370 g/mol. The zero-order valence-corrected chi connectivity index (χ0v) is 15.1. The van der Waals surface area contributed by atoms with E-state index in [1.807, 2.05) is 13.8 Å². The lowest BCUT2D eigenvalue weighted by Crippen LogP contribution is -2.32. The zero-order chi connectivity index (χ0) is 16.6. The van der Waals surface area contributed by atoms with E-state index in [2.05, 4.69) is 9.97 Å². The fourth-order valence-electron chi connectivity index (χ4n) is 2.36. The normalized spacial score (nSPS) is 15.0. The van der Waals surface area contributed by atoms with Crippen molar-refractivity contribution in [3.05, 3.63) is 16.2 Å². The number of halogens is 1. The average molecular weight is 371 g/mol. The molecule has 3 rings (SSSR count). The van der Waals surface area contributed by atoms with Crippen LogP contribution in [0, 0.1) is 6.92 Å². The van der Waals surface area contributed by atoms with Crippen LogP contribution in [0.25, 0.3) is 10.2 Å². The van der Waals surface area contributed by atoms with Gasteiger partial charge in [-0.15, -0.1) is 11.3 Å². The van der Waals surface area contributed by atoms with Gasteiger partial charge in [0.05, 0.1) is 22.8 Å². The molecule has 3 heterocycles. The Kier molecular flexibility index (Phi) is 4.74.